The molecule has 0 aliphatic rings. The van der Waals surface area contributed by atoms with Crippen LogP contribution in [0.3, 0.4) is 0 Å². The second-order valence-corrected chi connectivity index (χ2v) is 6.22. The molecule has 0 spiro atoms. The fraction of sp³-hybridized carbons (Fsp3) is 0.0526. The molecule has 10 heteroatoms. The largest absolute Gasteiger partial charge is 0.416 e. The molecule has 4 aromatic rings. The highest BCUT2D eigenvalue weighted by Crippen LogP contribution is 2.30. The van der Waals surface area contributed by atoms with E-state index in [-0.39, 0.29) is 11.5 Å². The van der Waals surface area contributed by atoms with Crippen LogP contribution in [0, 0.1) is 0 Å². The second kappa shape index (κ2) is 6.89. The van der Waals surface area contributed by atoms with Gasteiger partial charge in [0, 0.05) is 29.5 Å². The topological polar surface area (TPSA) is 110 Å². The highest BCUT2D eigenvalue weighted by atomic mass is 19.4. The van der Waals surface area contributed by atoms with Crippen LogP contribution in [-0.2, 0) is 6.18 Å². The van der Waals surface area contributed by atoms with Gasteiger partial charge in [-0.25, -0.2) is 4.98 Å². The van der Waals surface area contributed by atoms with E-state index in [1.54, 1.807) is 24.4 Å². The van der Waals surface area contributed by atoms with Crippen molar-refractivity contribution in [1.29, 1.82) is 0 Å². The lowest BCUT2D eigenvalue weighted by molar-refractivity contribution is -0.137. The third-order valence-electron chi connectivity index (χ3n) is 4.20. The second-order valence-electron chi connectivity index (χ2n) is 6.22. The Kier molecular flexibility index (Phi) is 4.38. The van der Waals surface area contributed by atoms with E-state index in [0.29, 0.717) is 16.6 Å². The molecule has 1 aromatic carbocycles. The molecule has 146 valence electrons. The van der Waals surface area contributed by atoms with Gasteiger partial charge in [-0.05, 0) is 35.9 Å². The summed E-state index contributed by atoms with van der Waals surface area (Å²) >= 11 is 0. The van der Waals surface area contributed by atoms with Crippen LogP contribution >= 0.6 is 0 Å². The minimum Gasteiger partial charge on any atom is -0.397 e. The third-order valence-corrected chi connectivity index (χ3v) is 4.20. The van der Waals surface area contributed by atoms with Gasteiger partial charge in [0.2, 0.25) is 0 Å². The van der Waals surface area contributed by atoms with Crippen LogP contribution in [0.5, 0.6) is 0 Å². The molecule has 1 amide bonds. The number of benzene rings is 1. The first kappa shape index (κ1) is 18.4. The van der Waals surface area contributed by atoms with E-state index in [2.05, 4.69) is 25.5 Å². The van der Waals surface area contributed by atoms with Crippen LogP contribution < -0.4 is 11.1 Å². The van der Waals surface area contributed by atoms with Crippen LogP contribution in [0.15, 0.2) is 55.0 Å². The first-order chi connectivity index (χ1) is 13.8. The number of nitrogen functional groups attached to an aromatic ring is 1. The van der Waals surface area contributed by atoms with Gasteiger partial charge in [-0.1, -0.05) is 6.07 Å². The molecule has 0 radical (unpaired) electrons. The first-order valence-corrected chi connectivity index (χ1v) is 8.35. The van der Waals surface area contributed by atoms with Crippen molar-refractivity contribution in [3.63, 3.8) is 0 Å². The maximum Gasteiger partial charge on any atom is 0.416 e. The van der Waals surface area contributed by atoms with Crippen LogP contribution in [0.2, 0.25) is 0 Å². The molecule has 3 aromatic heterocycles. The van der Waals surface area contributed by atoms with Crippen molar-refractivity contribution in [3.8, 4) is 11.1 Å². The van der Waals surface area contributed by atoms with Gasteiger partial charge in [-0.3, -0.25) is 14.9 Å². The Morgan fingerprint density at radius 3 is 2.66 bits per heavy atom. The quantitative estimate of drug-likeness (QED) is 0.485. The molecule has 0 bridgehead atoms. The molecular weight excluding hydrogens is 385 g/mol. The average molecular weight is 398 g/mol. The van der Waals surface area contributed by atoms with Crippen LogP contribution in [0.4, 0.5) is 24.7 Å². The van der Waals surface area contributed by atoms with Gasteiger partial charge < -0.3 is 11.1 Å². The van der Waals surface area contributed by atoms with Gasteiger partial charge in [-0.15, -0.1) is 0 Å². The number of hydrogen-bond acceptors (Lipinski definition) is 5. The lowest BCUT2D eigenvalue weighted by Crippen LogP contribution is -2.15. The van der Waals surface area contributed by atoms with Gasteiger partial charge in [-0.2, -0.15) is 18.3 Å². The molecule has 4 rings (SSSR count). The summed E-state index contributed by atoms with van der Waals surface area (Å²) in [4.78, 5) is 20.4. The number of hydrogen-bond donors (Lipinski definition) is 3. The zero-order chi connectivity index (χ0) is 20.6. The summed E-state index contributed by atoms with van der Waals surface area (Å²) in [6, 6.07) is 8.60. The number of rotatable bonds is 3. The molecule has 3 heterocycles. The molecule has 7 nitrogen and oxygen atoms in total. The Morgan fingerprint density at radius 1 is 1.07 bits per heavy atom. The zero-order valence-corrected chi connectivity index (χ0v) is 14.7. The van der Waals surface area contributed by atoms with Gasteiger partial charge >= 0.3 is 6.18 Å². The van der Waals surface area contributed by atoms with Crippen molar-refractivity contribution in [2.24, 2.45) is 0 Å². The van der Waals surface area contributed by atoms with E-state index in [9.17, 15) is 18.0 Å². The molecule has 29 heavy (non-hydrogen) atoms. The number of alkyl halides is 3. The maximum absolute atomic E-state index is 12.8. The number of carbonyl (C=O) groups is 1. The van der Waals surface area contributed by atoms with Crippen molar-refractivity contribution in [3.05, 3.63) is 66.2 Å². The maximum atomic E-state index is 12.8. The standard InChI is InChI=1S/C19H13F3N6O/c20-19(21,22)12-3-4-25-16(7-12)26-18(29)17-14-6-10(1-2-15(14)27-28-17)11-5-13(23)9-24-8-11/h1-9H,23H2,(H,27,28)(H,25,26,29). The molecule has 0 fully saturated rings. The fourth-order valence-electron chi connectivity index (χ4n) is 2.83. The highest BCUT2D eigenvalue weighted by Gasteiger charge is 2.31. The monoisotopic (exact) mass is 398 g/mol. The predicted molar refractivity (Wildman–Crippen MR) is 101 cm³/mol. The Labute approximate surface area is 161 Å². The van der Waals surface area contributed by atoms with Crippen molar-refractivity contribution in [2.75, 3.05) is 11.1 Å². The van der Waals surface area contributed by atoms with Crippen molar-refractivity contribution in [1.82, 2.24) is 20.2 Å². The van der Waals surface area contributed by atoms with Crippen molar-refractivity contribution in [2.45, 2.75) is 6.18 Å². The Bertz CT molecular complexity index is 1220. The van der Waals surface area contributed by atoms with Crippen LogP contribution in [0.1, 0.15) is 16.1 Å². The lowest BCUT2D eigenvalue weighted by atomic mass is 10.0. The molecule has 4 N–H and O–H groups in total. The van der Waals surface area contributed by atoms with Gasteiger partial charge in [0.05, 0.1) is 16.8 Å². The van der Waals surface area contributed by atoms with Gasteiger partial charge in [0.15, 0.2) is 5.69 Å². The summed E-state index contributed by atoms with van der Waals surface area (Å²) in [6.07, 6.45) is -0.418. The van der Waals surface area contributed by atoms with Gasteiger partial charge in [0.25, 0.3) is 5.91 Å². The van der Waals surface area contributed by atoms with E-state index in [1.807, 2.05) is 6.07 Å². The fourth-order valence-corrected chi connectivity index (χ4v) is 2.83. The van der Waals surface area contributed by atoms with Crippen LogP contribution in [-0.4, -0.2) is 26.1 Å². The highest BCUT2D eigenvalue weighted by molar-refractivity contribution is 6.11. The molecule has 0 saturated heterocycles. The van der Waals surface area contributed by atoms with E-state index >= 15 is 0 Å². The number of amides is 1. The normalized spacial score (nSPS) is 11.6. The number of aromatic amines is 1. The SMILES string of the molecule is Nc1cncc(-c2ccc3[nH]nc(C(=O)Nc4cc(C(F)(F)F)ccn4)c3c2)c1. The van der Waals surface area contributed by atoms with E-state index in [4.69, 9.17) is 5.73 Å². The first-order valence-electron chi connectivity index (χ1n) is 8.35. The predicted octanol–water partition coefficient (Wildman–Crippen LogP) is 3.87. The van der Waals surface area contributed by atoms with E-state index < -0.39 is 17.6 Å². The smallest absolute Gasteiger partial charge is 0.397 e. The number of carbonyl (C=O) groups excluding carboxylic acids is 1. The number of H-pyrrole nitrogens is 1. The van der Waals surface area contributed by atoms with E-state index in [0.717, 1.165) is 29.5 Å². The van der Waals surface area contributed by atoms with Crippen molar-refractivity contribution >= 4 is 28.3 Å². The lowest BCUT2D eigenvalue weighted by Gasteiger charge is -2.08. The Morgan fingerprint density at radius 2 is 1.90 bits per heavy atom. The number of nitrogens with zero attached hydrogens (tertiary/aromatic N) is 3. The summed E-state index contributed by atoms with van der Waals surface area (Å²) in [7, 11) is 0. The third kappa shape index (κ3) is 3.72. The molecule has 0 saturated carbocycles. The summed E-state index contributed by atoms with van der Waals surface area (Å²) < 4.78 is 38.5. The molecule has 0 atom stereocenters. The Hall–Kier alpha value is -3.95. The average Bonchev–Trinajstić information content (AvgIpc) is 3.11. The molecule has 0 aliphatic carbocycles. The number of pyridine rings is 2. The summed E-state index contributed by atoms with van der Waals surface area (Å²) in [5, 5.41) is 9.56. The summed E-state index contributed by atoms with van der Waals surface area (Å²) in [6.45, 7) is 0. The number of fused-ring (bicyclic) bond motifs is 1. The summed E-state index contributed by atoms with van der Waals surface area (Å²) in [5.41, 5.74) is 7.46. The number of halogens is 3. The number of aromatic nitrogens is 4. The van der Waals surface area contributed by atoms with Gasteiger partial charge in [0.1, 0.15) is 5.82 Å². The van der Waals surface area contributed by atoms with Crippen LogP contribution in [0.25, 0.3) is 22.0 Å². The summed E-state index contributed by atoms with van der Waals surface area (Å²) in [5.74, 6) is -0.914. The molecule has 0 unspecified atom stereocenters. The molecular formula is C19H13F3N6O. The van der Waals surface area contributed by atoms with E-state index in [1.165, 1.54) is 6.20 Å². The minimum atomic E-state index is -4.54. The zero-order valence-electron chi connectivity index (χ0n) is 14.7. The minimum absolute atomic E-state index is 0.0259. The number of nitrogens with two attached hydrogens (primary N) is 1. The number of anilines is 2. The van der Waals surface area contributed by atoms with Crippen molar-refractivity contribution < 1.29 is 18.0 Å². The number of nitrogens with one attached hydrogen (secondary N) is 2. The molecule has 0 aliphatic heterocycles. The Balaban J connectivity index is 1.67.